The molecule has 2 aliphatic carbocycles. The lowest BCUT2D eigenvalue weighted by Gasteiger charge is -2.36. The minimum atomic E-state index is -1.03. The Hall–Kier alpha value is -1.10. The van der Waals surface area contributed by atoms with Gasteiger partial charge in [-0.25, -0.2) is 4.79 Å². The number of carbonyl (C=O) groups excluding carboxylic acids is 1. The van der Waals surface area contributed by atoms with E-state index in [2.05, 4.69) is 5.32 Å². The molecular formula is C16H27NO4. The Morgan fingerprint density at radius 2 is 1.81 bits per heavy atom. The van der Waals surface area contributed by atoms with Crippen LogP contribution in [-0.2, 0) is 14.3 Å². The molecule has 21 heavy (non-hydrogen) atoms. The van der Waals surface area contributed by atoms with E-state index in [9.17, 15) is 14.7 Å². The molecule has 2 aliphatic rings. The summed E-state index contributed by atoms with van der Waals surface area (Å²) in [5.41, 5.74) is -1.03. The molecule has 0 aromatic carbocycles. The van der Waals surface area contributed by atoms with Gasteiger partial charge in [-0.05, 0) is 38.5 Å². The number of nitrogens with one attached hydrogen (secondary N) is 1. The fourth-order valence-electron chi connectivity index (χ4n) is 3.52. The molecule has 0 unspecified atom stereocenters. The first-order valence-corrected chi connectivity index (χ1v) is 8.22. The van der Waals surface area contributed by atoms with Crippen LogP contribution in [0.15, 0.2) is 0 Å². The van der Waals surface area contributed by atoms with Crippen LogP contribution in [-0.4, -0.2) is 35.2 Å². The summed E-state index contributed by atoms with van der Waals surface area (Å²) in [6, 6.07) is 0. The van der Waals surface area contributed by atoms with Crippen LogP contribution in [0.5, 0.6) is 0 Å². The van der Waals surface area contributed by atoms with Gasteiger partial charge in [0.05, 0.1) is 6.10 Å². The van der Waals surface area contributed by atoms with Crippen LogP contribution in [0.1, 0.15) is 64.7 Å². The molecule has 0 atom stereocenters. The second-order valence-corrected chi connectivity index (χ2v) is 6.47. The minimum absolute atomic E-state index is 0.112. The van der Waals surface area contributed by atoms with Crippen molar-refractivity contribution < 1.29 is 19.4 Å². The maximum absolute atomic E-state index is 12.2. The maximum Gasteiger partial charge on any atom is 0.329 e. The molecule has 120 valence electrons. The second kappa shape index (κ2) is 7.25. The van der Waals surface area contributed by atoms with Gasteiger partial charge in [-0.3, -0.25) is 4.79 Å². The van der Waals surface area contributed by atoms with Crippen LogP contribution in [0.4, 0.5) is 0 Å². The molecule has 2 fully saturated rings. The highest BCUT2D eigenvalue weighted by Crippen LogP contribution is 2.33. The molecule has 0 spiro atoms. The lowest BCUT2D eigenvalue weighted by atomic mass is 9.79. The van der Waals surface area contributed by atoms with Gasteiger partial charge in [0.25, 0.3) is 0 Å². The number of carboxylic acids is 1. The van der Waals surface area contributed by atoms with Crippen LogP contribution < -0.4 is 5.32 Å². The Morgan fingerprint density at radius 3 is 2.33 bits per heavy atom. The lowest BCUT2D eigenvalue weighted by Crippen LogP contribution is -2.54. The zero-order chi connectivity index (χ0) is 15.3. The van der Waals surface area contributed by atoms with Crippen LogP contribution >= 0.6 is 0 Å². The second-order valence-electron chi connectivity index (χ2n) is 6.47. The number of rotatable bonds is 6. The average Bonchev–Trinajstić information content (AvgIpc) is 2.63. The molecule has 0 aliphatic heterocycles. The van der Waals surface area contributed by atoms with Crippen molar-refractivity contribution in [2.24, 2.45) is 5.92 Å². The van der Waals surface area contributed by atoms with Crippen LogP contribution in [0, 0.1) is 5.92 Å². The summed E-state index contributed by atoms with van der Waals surface area (Å²) in [4.78, 5) is 23.8. The summed E-state index contributed by atoms with van der Waals surface area (Å²) in [5.74, 6) is -0.643. The van der Waals surface area contributed by atoms with Gasteiger partial charge in [-0.2, -0.15) is 0 Å². The van der Waals surface area contributed by atoms with Crippen molar-refractivity contribution in [1.29, 1.82) is 0 Å². The zero-order valence-corrected chi connectivity index (χ0v) is 12.9. The molecule has 5 nitrogen and oxygen atoms in total. The third-order valence-corrected chi connectivity index (χ3v) is 4.81. The molecule has 0 saturated heterocycles. The minimum Gasteiger partial charge on any atom is -0.480 e. The molecule has 0 heterocycles. The van der Waals surface area contributed by atoms with E-state index >= 15 is 0 Å². The van der Waals surface area contributed by atoms with Crippen molar-refractivity contribution in [3.05, 3.63) is 0 Å². The molecule has 1 amide bonds. The Labute approximate surface area is 126 Å². The molecule has 0 aromatic rings. The fourth-order valence-corrected chi connectivity index (χ4v) is 3.52. The Kier molecular flexibility index (Phi) is 5.62. The Bertz CT molecular complexity index is 368. The third-order valence-electron chi connectivity index (χ3n) is 4.81. The van der Waals surface area contributed by atoms with Gasteiger partial charge in [0.1, 0.15) is 5.54 Å². The monoisotopic (exact) mass is 297 g/mol. The van der Waals surface area contributed by atoms with Crippen molar-refractivity contribution in [1.82, 2.24) is 5.32 Å². The van der Waals surface area contributed by atoms with E-state index in [1.165, 1.54) is 0 Å². The van der Waals surface area contributed by atoms with Crippen molar-refractivity contribution in [2.75, 3.05) is 6.61 Å². The summed E-state index contributed by atoms with van der Waals surface area (Å²) in [5, 5.41) is 12.4. The quantitative estimate of drug-likeness (QED) is 0.739. The molecule has 0 aromatic heterocycles. The number of carboxylic acid groups (broad SMARTS) is 1. The highest BCUT2D eigenvalue weighted by Gasteiger charge is 2.41. The standard InChI is InChI=1S/C16H27NO4/c1-2-21-13-9-12(10-13)11-14(18)17-16(15(19)20)7-5-3-4-6-8-16/h12-13H,2-11H2,1H3,(H,17,18)(H,19,20). The van der Waals surface area contributed by atoms with E-state index in [1.54, 1.807) is 0 Å². The van der Waals surface area contributed by atoms with Crippen molar-refractivity contribution >= 4 is 11.9 Å². The number of carbonyl (C=O) groups is 2. The van der Waals surface area contributed by atoms with E-state index in [0.29, 0.717) is 37.9 Å². The summed E-state index contributed by atoms with van der Waals surface area (Å²) in [6.45, 7) is 2.69. The molecule has 0 radical (unpaired) electrons. The zero-order valence-electron chi connectivity index (χ0n) is 12.9. The number of ether oxygens (including phenoxy) is 1. The molecule has 2 N–H and O–H groups in total. The van der Waals surface area contributed by atoms with Crippen molar-refractivity contribution in [2.45, 2.75) is 76.4 Å². The molecule has 2 rings (SSSR count). The number of amides is 1. The van der Waals surface area contributed by atoms with E-state index in [0.717, 1.165) is 38.5 Å². The smallest absolute Gasteiger partial charge is 0.329 e. The molecule has 0 bridgehead atoms. The fraction of sp³-hybridized carbons (Fsp3) is 0.875. The van der Waals surface area contributed by atoms with Gasteiger partial charge in [-0.15, -0.1) is 0 Å². The third kappa shape index (κ3) is 4.19. The van der Waals surface area contributed by atoms with E-state index < -0.39 is 11.5 Å². The number of hydrogen-bond acceptors (Lipinski definition) is 3. The predicted octanol–water partition coefficient (Wildman–Crippen LogP) is 2.49. The van der Waals surface area contributed by atoms with E-state index in [1.807, 2.05) is 6.92 Å². The number of hydrogen-bond donors (Lipinski definition) is 2. The van der Waals surface area contributed by atoms with Crippen molar-refractivity contribution in [3.63, 3.8) is 0 Å². The first kappa shape index (κ1) is 16.3. The SMILES string of the molecule is CCOC1CC(CC(=O)NC2(C(=O)O)CCCCCC2)C1. The number of aliphatic carboxylic acids is 1. The van der Waals surface area contributed by atoms with Gasteiger partial charge < -0.3 is 15.2 Å². The predicted molar refractivity (Wildman–Crippen MR) is 79.0 cm³/mol. The summed E-state index contributed by atoms with van der Waals surface area (Å²) < 4.78 is 5.49. The molecule has 5 heteroatoms. The lowest BCUT2D eigenvalue weighted by molar-refractivity contribution is -0.149. The van der Waals surface area contributed by atoms with Gasteiger partial charge in [0.2, 0.25) is 5.91 Å². The highest BCUT2D eigenvalue weighted by atomic mass is 16.5. The van der Waals surface area contributed by atoms with Gasteiger partial charge in [-0.1, -0.05) is 25.7 Å². The average molecular weight is 297 g/mol. The van der Waals surface area contributed by atoms with Crippen molar-refractivity contribution in [3.8, 4) is 0 Å². The Morgan fingerprint density at radius 1 is 1.19 bits per heavy atom. The summed E-state index contributed by atoms with van der Waals surface area (Å²) in [6.07, 6.45) is 7.54. The topological polar surface area (TPSA) is 75.6 Å². The maximum atomic E-state index is 12.2. The first-order valence-electron chi connectivity index (χ1n) is 8.22. The highest BCUT2D eigenvalue weighted by molar-refractivity contribution is 5.87. The Balaban J connectivity index is 1.83. The molecular weight excluding hydrogens is 270 g/mol. The van der Waals surface area contributed by atoms with Gasteiger partial charge in [0, 0.05) is 13.0 Å². The normalized spacial score (nSPS) is 28.2. The van der Waals surface area contributed by atoms with Crippen LogP contribution in [0.25, 0.3) is 0 Å². The van der Waals surface area contributed by atoms with Gasteiger partial charge >= 0.3 is 5.97 Å². The summed E-state index contributed by atoms with van der Waals surface area (Å²) in [7, 11) is 0. The largest absolute Gasteiger partial charge is 0.480 e. The molecule has 2 saturated carbocycles. The van der Waals surface area contributed by atoms with Crippen LogP contribution in [0.3, 0.4) is 0 Å². The van der Waals surface area contributed by atoms with E-state index in [4.69, 9.17) is 4.74 Å². The van der Waals surface area contributed by atoms with Gasteiger partial charge in [0.15, 0.2) is 0 Å². The van der Waals surface area contributed by atoms with Crippen LogP contribution in [0.2, 0.25) is 0 Å². The first-order chi connectivity index (χ1) is 10.1. The van der Waals surface area contributed by atoms with E-state index in [-0.39, 0.29) is 5.91 Å². The summed E-state index contributed by atoms with van der Waals surface area (Å²) >= 11 is 0.